The van der Waals surface area contributed by atoms with E-state index in [-0.39, 0.29) is 18.2 Å². The highest BCUT2D eigenvalue weighted by Crippen LogP contribution is 2.30. The lowest BCUT2D eigenvalue weighted by molar-refractivity contribution is -0.115. The zero-order valence-corrected chi connectivity index (χ0v) is 16.2. The molecule has 152 valence electrons. The molecule has 1 amide bonds. The van der Waals surface area contributed by atoms with E-state index in [0.717, 1.165) is 11.8 Å². The second-order valence-corrected chi connectivity index (χ2v) is 6.76. The maximum absolute atomic E-state index is 14.5. The van der Waals surface area contributed by atoms with Crippen LogP contribution in [0.3, 0.4) is 0 Å². The van der Waals surface area contributed by atoms with Gasteiger partial charge in [-0.3, -0.25) is 4.79 Å². The van der Waals surface area contributed by atoms with Crippen molar-refractivity contribution < 1.29 is 13.9 Å². The number of aromatic amines is 1. The van der Waals surface area contributed by atoms with Crippen molar-refractivity contribution in [1.82, 2.24) is 15.3 Å². The van der Waals surface area contributed by atoms with Crippen molar-refractivity contribution in [3.05, 3.63) is 84.4 Å². The first-order valence-electron chi connectivity index (χ1n) is 9.63. The first-order valence-corrected chi connectivity index (χ1v) is 9.63. The summed E-state index contributed by atoms with van der Waals surface area (Å²) in [6.45, 7) is 0.827. The third-order valence-corrected chi connectivity index (χ3v) is 4.57. The first-order chi connectivity index (χ1) is 14.7. The molecule has 2 aromatic heterocycles. The number of ether oxygens (including phenoxy) is 1. The van der Waals surface area contributed by atoms with Crippen molar-refractivity contribution in [1.29, 1.82) is 0 Å². The Morgan fingerprint density at radius 1 is 1.07 bits per heavy atom. The molecule has 0 spiro atoms. The number of nitrogens with one attached hydrogen (secondary N) is 3. The SMILES string of the molecule is O=C(CNCCc1ccccc1)Nc1ccc(Oc2ccnc3[nH]ccc23)c(F)c1. The van der Waals surface area contributed by atoms with Gasteiger partial charge in [0.1, 0.15) is 11.4 Å². The highest BCUT2D eigenvalue weighted by atomic mass is 19.1. The number of pyridine rings is 1. The molecule has 0 atom stereocenters. The van der Waals surface area contributed by atoms with Crippen LogP contribution in [0.4, 0.5) is 10.1 Å². The van der Waals surface area contributed by atoms with E-state index in [1.807, 2.05) is 36.4 Å². The second kappa shape index (κ2) is 9.19. The Bertz CT molecular complexity index is 1140. The predicted molar refractivity (Wildman–Crippen MR) is 114 cm³/mol. The number of rotatable bonds is 8. The average Bonchev–Trinajstić information content (AvgIpc) is 3.24. The number of carbonyl (C=O) groups excluding carboxylic acids is 1. The monoisotopic (exact) mass is 404 g/mol. The number of hydrogen-bond acceptors (Lipinski definition) is 4. The molecule has 2 heterocycles. The number of fused-ring (bicyclic) bond motifs is 1. The smallest absolute Gasteiger partial charge is 0.238 e. The molecule has 30 heavy (non-hydrogen) atoms. The zero-order chi connectivity index (χ0) is 20.8. The van der Waals surface area contributed by atoms with Gasteiger partial charge in [0.2, 0.25) is 5.91 Å². The van der Waals surface area contributed by atoms with E-state index in [1.54, 1.807) is 24.5 Å². The molecular weight excluding hydrogens is 383 g/mol. The second-order valence-electron chi connectivity index (χ2n) is 6.76. The van der Waals surface area contributed by atoms with Gasteiger partial charge in [-0.1, -0.05) is 30.3 Å². The fourth-order valence-electron chi connectivity index (χ4n) is 3.09. The summed E-state index contributed by atoms with van der Waals surface area (Å²) in [6, 6.07) is 17.9. The molecule has 0 aliphatic heterocycles. The quantitative estimate of drug-likeness (QED) is 0.383. The molecule has 0 aliphatic carbocycles. The molecule has 0 aliphatic rings. The summed E-state index contributed by atoms with van der Waals surface area (Å²) in [7, 11) is 0. The summed E-state index contributed by atoms with van der Waals surface area (Å²) < 4.78 is 20.2. The summed E-state index contributed by atoms with van der Waals surface area (Å²) >= 11 is 0. The van der Waals surface area contributed by atoms with Gasteiger partial charge in [-0.25, -0.2) is 9.37 Å². The van der Waals surface area contributed by atoms with Crippen LogP contribution in [0.5, 0.6) is 11.5 Å². The van der Waals surface area contributed by atoms with Crippen LogP contribution in [-0.2, 0) is 11.2 Å². The maximum atomic E-state index is 14.5. The standard InChI is InChI=1S/C23H21FN4O2/c24-19-14-17(28-22(29)15-25-11-8-16-4-2-1-3-5-16)6-7-21(19)30-20-10-13-27-23-18(20)9-12-26-23/h1-7,9-10,12-14,25H,8,11,15H2,(H,26,27)(H,28,29). The van der Waals surface area contributed by atoms with Crippen LogP contribution >= 0.6 is 0 Å². The number of amides is 1. The lowest BCUT2D eigenvalue weighted by Crippen LogP contribution is -2.29. The van der Waals surface area contributed by atoms with E-state index in [9.17, 15) is 9.18 Å². The Labute approximate surface area is 173 Å². The van der Waals surface area contributed by atoms with Crippen molar-refractivity contribution in [2.24, 2.45) is 0 Å². The van der Waals surface area contributed by atoms with Gasteiger partial charge in [0.15, 0.2) is 11.6 Å². The maximum Gasteiger partial charge on any atom is 0.238 e. The van der Waals surface area contributed by atoms with E-state index in [2.05, 4.69) is 20.6 Å². The summed E-state index contributed by atoms with van der Waals surface area (Å²) in [5.74, 6) is -0.230. The van der Waals surface area contributed by atoms with Crippen LogP contribution in [0.1, 0.15) is 5.56 Å². The highest BCUT2D eigenvalue weighted by molar-refractivity contribution is 5.92. The fourth-order valence-corrected chi connectivity index (χ4v) is 3.09. The van der Waals surface area contributed by atoms with Crippen molar-refractivity contribution in [2.75, 3.05) is 18.4 Å². The number of benzene rings is 2. The molecule has 0 saturated carbocycles. The Morgan fingerprint density at radius 2 is 1.93 bits per heavy atom. The fraction of sp³-hybridized carbons (Fsp3) is 0.130. The Balaban J connectivity index is 1.30. The number of H-pyrrole nitrogens is 1. The Morgan fingerprint density at radius 3 is 2.77 bits per heavy atom. The largest absolute Gasteiger partial charge is 0.453 e. The van der Waals surface area contributed by atoms with E-state index >= 15 is 0 Å². The average molecular weight is 404 g/mol. The van der Waals surface area contributed by atoms with Crippen molar-refractivity contribution in [3.63, 3.8) is 0 Å². The number of carbonyl (C=O) groups is 1. The number of anilines is 1. The van der Waals surface area contributed by atoms with Crippen molar-refractivity contribution in [3.8, 4) is 11.5 Å². The molecule has 6 nitrogen and oxygen atoms in total. The van der Waals surface area contributed by atoms with Gasteiger partial charge in [-0.05, 0) is 42.8 Å². The van der Waals surface area contributed by atoms with Crippen LogP contribution in [0.15, 0.2) is 73.1 Å². The minimum absolute atomic E-state index is 0.0719. The van der Waals surface area contributed by atoms with Gasteiger partial charge < -0.3 is 20.4 Å². The third kappa shape index (κ3) is 4.82. The Kier molecular flexibility index (Phi) is 6.01. The minimum atomic E-state index is -0.565. The van der Waals surface area contributed by atoms with Gasteiger partial charge >= 0.3 is 0 Å². The number of hydrogen-bond donors (Lipinski definition) is 3. The third-order valence-electron chi connectivity index (χ3n) is 4.57. The summed E-state index contributed by atoms with van der Waals surface area (Å²) in [4.78, 5) is 19.3. The number of nitrogens with zero attached hydrogens (tertiary/aromatic N) is 1. The van der Waals surface area contributed by atoms with Gasteiger partial charge in [0, 0.05) is 24.1 Å². The van der Waals surface area contributed by atoms with E-state index < -0.39 is 5.82 Å². The molecule has 7 heteroatoms. The summed E-state index contributed by atoms with van der Waals surface area (Å²) in [5, 5.41) is 6.53. The number of halogens is 1. The minimum Gasteiger partial charge on any atom is -0.453 e. The summed E-state index contributed by atoms with van der Waals surface area (Å²) in [6.07, 6.45) is 4.16. The van der Waals surface area contributed by atoms with Gasteiger partial charge in [-0.2, -0.15) is 0 Å². The Hall–Kier alpha value is -3.71. The zero-order valence-electron chi connectivity index (χ0n) is 16.2. The van der Waals surface area contributed by atoms with E-state index in [0.29, 0.717) is 23.6 Å². The van der Waals surface area contributed by atoms with Gasteiger partial charge in [0.05, 0.1) is 11.9 Å². The van der Waals surface area contributed by atoms with E-state index in [4.69, 9.17) is 4.74 Å². The lowest BCUT2D eigenvalue weighted by atomic mass is 10.1. The molecule has 0 unspecified atom stereocenters. The molecule has 2 aromatic carbocycles. The van der Waals surface area contributed by atoms with Crippen molar-refractivity contribution >= 4 is 22.6 Å². The van der Waals surface area contributed by atoms with Gasteiger partial charge in [0.25, 0.3) is 0 Å². The number of aromatic nitrogens is 2. The molecule has 4 aromatic rings. The summed E-state index contributed by atoms with van der Waals surface area (Å²) in [5.41, 5.74) is 2.24. The van der Waals surface area contributed by atoms with Crippen LogP contribution in [0, 0.1) is 5.82 Å². The van der Waals surface area contributed by atoms with Gasteiger partial charge in [-0.15, -0.1) is 0 Å². The van der Waals surface area contributed by atoms with E-state index in [1.165, 1.54) is 17.7 Å². The predicted octanol–water partition coefficient (Wildman–Crippen LogP) is 4.27. The molecule has 4 rings (SSSR count). The van der Waals surface area contributed by atoms with Crippen LogP contribution in [-0.4, -0.2) is 29.0 Å². The lowest BCUT2D eigenvalue weighted by Gasteiger charge is -2.10. The highest BCUT2D eigenvalue weighted by Gasteiger charge is 2.11. The molecule has 0 fully saturated rings. The molecule has 3 N–H and O–H groups in total. The van der Waals surface area contributed by atoms with Crippen LogP contribution in [0.25, 0.3) is 11.0 Å². The topological polar surface area (TPSA) is 79.0 Å². The molecule has 0 saturated heterocycles. The van der Waals surface area contributed by atoms with Crippen molar-refractivity contribution in [2.45, 2.75) is 6.42 Å². The molecule has 0 bridgehead atoms. The molecular formula is C23H21FN4O2. The van der Waals surface area contributed by atoms with Crippen LogP contribution in [0.2, 0.25) is 0 Å². The molecule has 0 radical (unpaired) electrons. The first kappa shape index (κ1) is 19.6. The normalized spacial score (nSPS) is 10.8. The van der Waals surface area contributed by atoms with Crippen LogP contribution < -0.4 is 15.4 Å².